The largest absolute Gasteiger partial charge is 0.383 e. The van der Waals surface area contributed by atoms with Crippen LogP contribution in [0.3, 0.4) is 0 Å². The first-order valence-electron chi connectivity index (χ1n) is 5.15. The van der Waals surface area contributed by atoms with Crippen LogP contribution in [0.25, 0.3) is 0 Å². The molecule has 0 bridgehead atoms. The number of halogens is 3. The molecule has 1 aromatic heterocycles. The van der Waals surface area contributed by atoms with Crippen molar-refractivity contribution in [2.24, 2.45) is 0 Å². The van der Waals surface area contributed by atoms with Gasteiger partial charge in [0.05, 0.1) is 16.8 Å². The van der Waals surface area contributed by atoms with E-state index < -0.39 is 11.7 Å². The van der Waals surface area contributed by atoms with E-state index in [-0.39, 0.29) is 11.4 Å². The zero-order valence-electron chi connectivity index (χ0n) is 9.45. The summed E-state index contributed by atoms with van der Waals surface area (Å²) in [5.74, 6) is -1.21. The third-order valence-electron chi connectivity index (χ3n) is 2.31. The molecule has 0 atom stereocenters. The Balaban J connectivity index is 2.25. The van der Waals surface area contributed by atoms with Gasteiger partial charge in [-0.25, -0.2) is 9.37 Å². The number of nitrogen functional groups attached to an aromatic ring is 1. The number of nitrogens with zero attached hydrogens (tertiary/aromatic N) is 1. The van der Waals surface area contributed by atoms with Gasteiger partial charge in [0.15, 0.2) is 0 Å². The Morgan fingerprint density at radius 3 is 2.84 bits per heavy atom. The zero-order chi connectivity index (χ0) is 14.0. The number of aromatic nitrogens is 1. The average molecular weight is 345 g/mol. The van der Waals surface area contributed by atoms with Crippen LogP contribution in [-0.4, -0.2) is 10.9 Å². The quantitative estimate of drug-likeness (QED) is 0.876. The van der Waals surface area contributed by atoms with Crippen molar-refractivity contribution in [3.8, 4) is 0 Å². The molecule has 0 aliphatic heterocycles. The highest BCUT2D eigenvalue weighted by Crippen LogP contribution is 2.26. The summed E-state index contributed by atoms with van der Waals surface area (Å²) in [5.41, 5.74) is 6.01. The number of carbonyl (C=O) groups is 1. The zero-order valence-corrected chi connectivity index (χ0v) is 11.8. The predicted molar refractivity (Wildman–Crippen MR) is 75.7 cm³/mol. The fourth-order valence-corrected chi connectivity index (χ4v) is 1.90. The lowest BCUT2D eigenvalue weighted by atomic mass is 10.2. The van der Waals surface area contributed by atoms with Crippen LogP contribution in [0, 0.1) is 5.82 Å². The van der Waals surface area contributed by atoms with Crippen molar-refractivity contribution in [3.63, 3.8) is 0 Å². The number of pyridine rings is 1. The van der Waals surface area contributed by atoms with Gasteiger partial charge in [-0.05, 0) is 40.2 Å². The van der Waals surface area contributed by atoms with Crippen LogP contribution in [0.2, 0.25) is 5.02 Å². The number of nitrogens with one attached hydrogen (secondary N) is 1. The summed E-state index contributed by atoms with van der Waals surface area (Å²) in [6.45, 7) is 0. The van der Waals surface area contributed by atoms with E-state index in [4.69, 9.17) is 17.3 Å². The molecule has 19 heavy (non-hydrogen) atoms. The van der Waals surface area contributed by atoms with Gasteiger partial charge >= 0.3 is 0 Å². The molecular formula is C12H8BrClFN3O. The number of nitrogens with two attached hydrogens (primary N) is 1. The Hall–Kier alpha value is -1.66. The van der Waals surface area contributed by atoms with Crippen LogP contribution < -0.4 is 11.1 Å². The minimum absolute atomic E-state index is 0.0222. The number of hydrogen-bond donors (Lipinski definition) is 2. The number of rotatable bonds is 2. The molecule has 0 unspecified atom stereocenters. The second-order valence-electron chi connectivity index (χ2n) is 3.67. The molecule has 0 aliphatic carbocycles. The van der Waals surface area contributed by atoms with Crippen molar-refractivity contribution in [2.45, 2.75) is 0 Å². The lowest BCUT2D eigenvalue weighted by Gasteiger charge is -2.08. The molecule has 7 heteroatoms. The monoisotopic (exact) mass is 343 g/mol. The Morgan fingerprint density at radius 2 is 2.16 bits per heavy atom. The number of anilines is 2. The summed E-state index contributed by atoms with van der Waals surface area (Å²) in [7, 11) is 0. The third-order valence-corrected chi connectivity index (χ3v) is 3.52. The van der Waals surface area contributed by atoms with E-state index in [0.717, 1.165) is 12.3 Å². The fourth-order valence-electron chi connectivity index (χ4n) is 1.40. The van der Waals surface area contributed by atoms with Crippen molar-refractivity contribution in [1.82, 2.24) is 4.98 Å². The van der Waals surface area contributed by atoms with Gasteiger partial charge in [0.25, 0.3) is 5.91 Å². The number of benzene rings is 1. The van der Waals surface area contributed by atoms with E-state index in [0.29, 0.717) is 15.2 Å². The summed E-state index contributed by atoms with van der Waals surface area (Å²) in [6, 6.07) is 5.90. The lowest BCUT2D eigenvalue weighted by molar-refractivity contribution is 0.102. The number of hydrogen-bond acceptors (Lipinski definition) is 3. The van der Waals surface area contributed by atoms with Crippen LogP contribution >= 0.6 is 27.5 Å². The van der Waals surface area contributed by atoms with Crippen molar-refractivity contribution >= 4 is 44.9 Å². The summed E-state index contributed by atoms with van der Waals surface area (Å²) in [5, 5.41) is 3.10. The van der Waals surface area contributed by atoms with E-state index in [2.05, 4.69) is 26.2 Å². The van der Waals surface area contributed by atoms with Crippen LogP contribution in [0.1, 0.15) is 10.4 Å². The molecule has 0 aliphatic rings. The summed E-state index contributed by atoms with van der Waals surface area (Å²) < 4.78 is 13.7. The van der Waals surface area contributed by atoms with Crippen LogP contribution in [-0.2, 0) is 0 Å². The molecule has 4 nitrogen and oxygen atoms in total. The maximum Gasteiger partial charge on any atom is 0.259 e. The van der Waals surface area contributed by atoms with E-state index in [1.54, 1.807) is 18.2 Å². The standard InChI is InChI=1S/C12H8BrClFN3O/c13-9-4-7(1-2-10(9)14)18-12(19)8-3-6(15)5-17-11(8)16/h1-5H,(H2,16,17)(H,18,19). The molecule has 0 saturated carbocycles. The first kappa shape index (κ1) is 13.8. The van der Waals surface area contributed by atoms with Gasteiger partial charge in [0, 0.05) is 10.2 Å². The number of amides is 1. The van der Waals surface area contributed by atoms with E-state index in [1.165, 1.54) is 0 Å². The highest BCUT2D eigenvalue weighted by molar-refractivity contribution is 9.10. The Labute approximate surface area is 121 Å². The van der Waals surface area contributed by atoms with Crippen molar-refractivity contribution in [1.29, 1.82) is 0 Å². The molecule has 2 rings (SSSR count). The number of carbonyl (C=O) groups excluding carboxylic acids is 1. The van der Waals surface area contributed by atoms with Gasteiger partial charge in [0.1, 0.15) is 11.6 Å². The van der Waals surface area contributed by atoms with E-state index >= 15 is 0 Å². The topological polar surface area (TPSA) is 68.0 Å². The highest BCUT2D eigenvalue weighted by Gasteiger charge is 2.12. The van der Waals surface area contributed by atoms with Crippen molar-refractivity contribution < 1.29 is 9.18 Å². The molecule has 1 heterocycles. The first-order chi connectivity index (χ1) is 8.97. The fraction of sp³-hybridized carbons (Fsp3) is 0. The maximum atomic E-state index is 13.0. The van der Waals surface area contributed by atoms with Gasteiger partial charge < -0.3 is 11.1 Å². The molecule has 1 amide bonds. The van der Waals surface area contributed by atoms with Crippen LogP contribution in [0.5, 0.6) is 0 Å². The molecule has 3 N–H and O–H groups in total. The predicted octanol–water partition coefficient (Wildman–Crippen LogP) is 3.47. The van der Waals surface area contributed by atoms with E-state index in [1.807, 2.05) is 0 Å². The van der Waals surface area contributed by atoms with Gasteiger partial charge in [-0.2, -0.15) is 0 Å². The molecule has 0 spiro atoms. The molecule has 2 aromatic rings. The summed E-state index contributed by atoms with van der Waals surface area (Å²) in [4.78, 5) is 15.5. The molecular weight excluding hydrogens is 337 g/mol. The summed E-state index contributed by atoms with van der Waals surface area (Å²) in [6.07, 6.45) is 0.949. The van der Waals surface area contributed by atoms with Crippen molar-refractivity contribution in [2.75, 3.05) is 11.1 Å². The second-order valence-corrected chi connectivity index (χ2v) is 4.93. The van der Waals surface area contributed by atoms with E-state index in [9.17, 15) is 9.18 Å². The SMILES string of the molecule is Nc1ncc(F)cc1C(=O)Nc1ccc(Cl)c(Br)c1. The Bertz CT molecular complexity index is 651. The minimum Gasteiger partial charge on any atom is -0.383 e. The van der Waals surface area contributed by atoms with Crippen molar-refractivity contribution in [3.05, 3.63) is 51.3 Å². The van der Waals surface area contributed by atoms with Crippen LogP contribution in [0.15, 0.2) is 34.9 Å². The molecule has 1 aromatic carbocycles. The van der Waals surface area contributed by atoms with Gasteiger partial charge in [-0.3, -0.25) is 4.79 Å². The Morgan fingerprint density at radius 1 is 1.42 bits per heavy atom. The minimum atomic E-state index is -0.628. The molecule has 0 saturated heterocycles. The van der Waals surface area contributed by atoms with Gasteiger partial charge in [-0.15, -0.1) is 0 Å². The highest BCUT2D eigenvalue weighted by atomic mass is 79.9. The van der Waals surface area contributed by atoms with Gasteiger partial charge in [-0.1, -0.05) is 11.6 Å². The second kappa shape index (κ2) is 5.54. The summed E-state index contributed by atoms with van der Waals surface area (Å²) >= 11 is 9.08. The smallest absolute Gasteiger partial charge is 0.259 e. The first-order valence-corrected chi connectivity index (χ1v) is 6.32. The average Bonchev–Trinajstić information content (AvgIpc) is 2.36. The van der Waals surface area contributed by atoms with Gasteiger partial charge in [0.2, 0.25) is 0 Å². The molecule has 98 valence electrons. The third kappa shape index (κ3) is 3.21. The Kier molecular flexibility index (Phi) is 4.01. The molecule has 0 fully saturated rings. The van der Waals surface area contributed by atoms with Crippen LogP contribution in [0.4, 0.5) is 15.9 Å². The maximum absolute atomic E-state index is 13.0. The normalized spacial score (nSPS) is 10.3. The molecule has 0 radical (unpaired) electrons. The lowest BCUT2D eigenvalue weighted by Crippen LogP contribution is -2.15.